The number of nitrogens with one attached hydrogen (secondary N) is 1. The third-order valence-corrected chi connectivity index (χ3v) is 1.73. The second-order valence-corrected chi connectivity index (χ2v) is 2.57. The van der Waals surface area contributed by atoms with Crippen molar-refractivity contribution >= 4 is 34.9 Å². The van der Waals surface area contributed by atoms with E-state index in [4.69, 9.17) is 23.2 Å². The quantitative estimate of drug-likeness (QED) is 0.432. The highest BCUT2D eigenvalue weighted by atomic mass is 35.5. The lowest BCUT2D eigenvalue weighted by molar-refractivity contribution is -0.126. The molecule has 1 unspecified atom stereocenters. The summed E-state index contributed by atoms with van der Waals surface area (Å²) in [6.07, 6.45) is 1.13. The van der Waals surface area contributed by atoms with Crippen molar-refractivity contribution in [2.24, 2.45) is 0 Å². The molecule has 0 fully saturated rings. The second-order valence-electron chi connectivity index (χ2n) is 1.73. The summed E-state index contributed by atoms with van der Waals surface area (Å²) in [5.74, 6) is -1.08. The van der Waals surface area contributed by atoms with E-state index in [1.165, 1.54) is 0 Å². The maximum atomic E-state index is 10.7. The molecule has 54 valence electrons. The van der Waals surface area contributed by atoms with E-state index < -0.39 is 17.1 Å². The fourth-order valence-electron chi connectivity index (χ4n) is 0.519. The Morgan fingerprint density at radius 2 is 2.10 bits per heavy atom. The molecule has 1 aliphatic rings. The van der Waals surface area contributed by atoms with Gasteiger partial charge in [0.2, 0.25) is 11.7 Å². The molecule has 0 aromatic rings. The Bertz CT molecular complexity index is 224. The first-order chi connectivity index (χ1) is 4.63. The molecule has 1 rings (SSSR count). The molecule has 1 aliphatic heterocycles. The van der Waals surface area contributed by atoms with Gasteiger partial charge in [0.15, 0.2) is 5.38 Å². The van der Waals surface area contributed by atoms with Gasteiger partial charge in [0, 0.05) is 6.20 Å². The monoisotopic (exact) mass is 179 g/mol. The minimum Gasteiger partial charge on any atom is -0.329 e. The van der Waals surface area contributed by atoms with Crippen LogP contribution in [0, 0.1) is 0 Å². The smallest absolute Gasteiger partial charge is 0.250 e. The molecule has 1 amide bonds. The van der Waals surface area contributed by atoms with Gasteiger partial charge in [-0.3, -0.25) is 9.59 Å². The molecule has 3 nitrogen and oxygen atoms in total. The van der Waals surface area contributed by atoms with Gasteiger partial charge in [0.05, 0.1) is 0 Å². The van der Waals surface area contributed by atoms with Crippen molar-refractivity contribution in [3.63, 3.8) is 0 Å². The third-order valence-electron chi connectivity index (χ3n) is 1.04. The largest absolute Gasteiger partial charge is 0.329 e. The Labute approximate surface area is 67.0 Å². The summed E-state index contributed by atoms with van der Waals surface area (Å²) in [6, 6.07) is 0. The highest BCUT2D eigenvalue weighted by Gasteiger charge is 2.29. The number of carbonyl (C=O) groups excluding carboxylic acids is 2. The van der Waals surface area contributed by atoms with Crippen LogP contribution >= 0.6 is 23.2 Å². The lowest BCUT2D eigenvalue weighted by Crippen LogP contribution is -2.38. The lowest BCUT2D eigenvalue weighted by atomic mass is 10.2. The molecular formula is C5H3Cl2NO2. The molecule has 10 heavy (non-hydrogen) atoms. The fraction of sp³-hybridized carbons (Fsp3) is 0.200. The Hall–Kier alpha value is -0.540. The summed E-state index contributed by atoms with van der Waals surface area (Å²) in [7, 11) is 0. The molecule has 0 spiro atoms. The van der Waals surface area contributed by atoms with Gasteiger partial charge in [-0.15, -0.1) is 11.6 Å². The molecular weight excluding hydrogens is 177 g/mol. The minimum atomic E-state index is -1.17. The Morgan fingerprint density at radius 1 is 1.50 bits per heavy atom. The SMILES string of the molecule is O=C1NC=C(Cl)C(=O)C1Cl. The number of alkyl halides is 1. The molecule has 1 heterocycles. The average molecular weight is 180 g/mol. The molecule has 0 aromatic heterocycles. The maximum Gasteiger partial charge on any atom is 0.250 e. The summed E-state index contributed by atoms with van der Waals surface area (Å²) < 4.78 is 0. The Kier molecular flexibility index (Phi) is 1.97. The molecule has 0 saturated heterocycles. The summed E-state index contributed by atoms with van der Waals surface area (Å²) >= 11 is 10.7. The summed E-state index contributed by atoms with van der Waals surface area (Å²) in [5, 5.41) is 1.02. The van der Waals surface area contributed by atoms with Crippen LogP contribution in [0.15, 0.2) is 11.2 Å². The van der Waals surface area contributed by atoms with Crippen LogP contribution in [0.2, 0.25) is 0 Å². The Balaban J connectivity index is 2.91. The lowest BCUT2D eigenvalue weighted by Gasteiger charge is -2.11. The van der Waals surface area contributed by atoms with Crippen LogP contribution < -0.4 is 5.32 Å². The minimum absolute atomic E-state index is 0.0420. The van der Waals surface area contributed by atoms with Crippen LogP contribution in [-0.2, 0) is 9.59 Å². The molecule has 1 atom stereocenters. The number of carbonyl (C=O) groups is 2. The van der Waals surface area contributed by atoms with E-state index in [1.807, 2.05) is 0 Å². The summed E-state index contributed by atoms with van der Waals surface area (Å²) in [5.41, 5.74) is 0. The fourth-order valence-corrected chi connectivity index (χ4v) is 0.919. The van der Waals surface area contributed by atoms with E-state index in [-0.39, 0.29) is 5.03 Å². The van der Waals surface area contributed by atoms with E-state index in [0.717, 1.165) is 6.20 Å². The van der Waals surface area contributed by atoms with Crippen LogP contribution in [0.3, 0.4) is 0 Å². The Morgan fingerprint density at radius 3 is 2.60 bits per heavy atom. The third kappa shape index (κ3) is 1.15. The van der Waals surface area contributed by atoms with Crippen LogP contribution in [0.5, 0.6) is 0 Å². The molecule has 0 radical (unpaired) electrons. The average Bonchev–Trinajstić information content (AvgIpc) is 1.93. The molecule has 1 N–H and O–H groups in total. The van der Waals surface area contributed by atoms with Crippen molar-refractivity contribution in [3.8, 4) is 0 Å². The molecule has 5 heteroatoms. The van der Waals surface area contributed by atoms with Crippen LogP contribution in [0.4, 0.5) is 0 Å². The van der Waals surface area contributed by atoms with Gasteiger partial charge in [-0.1, -0.05) is 11.6 Å². The number of amides is 1. The van der Waals surface area contributed by atoms with Crippen molar-refractivity contribution in [3.05, 3.63) is 11.2 Å². The van der Waals surface area contributed by atoms with E-state index in [2.05, 4.69) is 5.32 Å². The zero-order chi connectivity index (χ0) is 7.72. The van der Waals surface area contributed by atoms with E-state index in [0.29, 0.717) is 0 Å². The van der Waals surface area contributed by atoms with Gasteiger partial charge < -0.3 is 5.32 Å². The van der Waals surface area contributed by atoms with Crippen molar-refractivity contribution in [2.75, 3.05) is 0 Å². The predicted octanol–water partition coefficient (Wildman–Crippen LogP) is 0.373. The van der Waals surface area contributed by atoms with Crippen molar-refractivity contribution in [1.29, 1.82) is 0 Å². The van der Waals surface area contributed by atoms with E-state index in [9.17, 15) is 9.59 Å². The zero-order valence-corrected chi connectivity index (χ0v) is 6.24. The van der Waals surface area contributed by atoms with Gasteiger partial charge >= 0.3 is 0 Å². The number of rotatable bonds is 0. The molecule has 0 saturated carbocycles. The van der Waals surface area contributed by atoms with Gasteiger partial charge in [-0.2, -0.15) is 0 Å². The van der Waals surface area contributed by atoms with Crippen molar-refractivity contribution in [1.82, 2.24) is 5.32 Å². The predicted molar refractivity (Wildman–Crippen MR) is 36.7 cm³/mol. The highest BCUT2D eigenvalue weighted by molar-refractivity contribution is 6.54. The summed E-state index contributed by atoms with van der Waals surface area (Å²) in [6.45, 7) is 0. The first-order valence-electron chi connectivity index (χ1n) is 2.47. The summed E-state index contributed by atoms with van der Waals surface area (Å²) in [4.78, 5) is 21.3. The highest BCUT2D eigenvalue weighted by Crippen LogP contribution is 2.13. The standard InChI is InChI=1S/C5H3Cl2NO2/c6-2-1-8-5(10)3(7)4(2)9/h1,3H,(H,8,10). The molecule has 0 bridgehead atoms. The van der Waals surface area contributed by atoms with E-state index in [1.54, 1.807) is 0 Å². The van der Waals surface area contributed by atoms with Crippen LogP contribution in [-0.4, -0.2) is 17.1 Å². The van der Waals surface area contributed by atoms with E-state index >= 15 is 0 Å². The van der Waals surface area contributed by atoms with Gasteiger partial charge in [-0.25, -0.2) is 0 Å². The van der Waals surface area contributed by atoms with Crippen molar-refractivity contribution in [2.45, 2.75) is 5.38 Å². The first kappa shape index (κ1) is 7.57. The topological polar surface area (TPSA) is 46.2 Å². The van der Waals surface area contributed by atoms with Gasteiger partial charge in [-0.05, 0) is 0 Å². The number of Topliss-reactive ketones (excluding diaryl/α,β-unsaturated/α-hetero) is 1. The van der Waals surface area contributed by atoms with Crippen LogP contribution in [0.1, 0.15) is 0 Å². The molecule has 0 aromatic carbocycles. The number of hydrogen-bond acceptors (Lipinski definition) is 2. The number of hydrogen-bond donors (Lipinski definition) is 1. The van der Waals surface area contributed by atoms with Gasteiger partial charge in [0.1, 0.15) is 5.03 Å². The maximum absolute atomic E-state index is 10.7. The van der Waals surface area contributed by atoms with Crippen LogP contribution in [0.25, 0.3) is 0 Å². The zero-order valence-electron chi connectivity index (χ0n) is 4.73. The second kappa shape index (κ2) is 2.60. The normalized spacial score (nSPS) is 25.8. The number of halogens is 2. The number of ketones is 1. The first-order valence-corrected chi connectivity index (χ1v) is 3.28. The number of allylic oxidation sites excluding steroid dienone is 1. The van der Waals surface area contributed by atoms with Crippen molar-refractivity contribution < 1.29 is 9.59 Å². The van der Waals surface area contributed by atoms with Gasteiger partial charge in [0.25, 0.3) is 0 Å². The molecule has 0 aliphatic carbocycles.